The molecule has 146 valence electrons. The van der Waals surface area contributed by atoms with Gasteiger partial charge in [0.1, 0.15) is 0 Å². The second-order valence-electron chi connectivity index (χ2n) is 6.00. The summed E-state index contributed by atoms with van der Waals surface area (Å²) in [7, 11) is -2.22. The maximum absolute atomic E-state index is 12.7. The van der Waals surface area contributed by atoms with Crippen molar-refractivity contribution in [1.82, 2.24) is 19.9 Å². The van der Waals surface area contributed by atoms with Crippen molar-refractivity contribution < 1.29 is 17.9 Å². The van der Waals surface area contributed by atoms with E-state index in [1.54, 1.807) is 6.20 Å². The van der Waals surface area contributed by atoms with Gasteiger partial charge < -0.3 is 10.1 Å². The average molecular weight is 411 g/mol. The van der Waals surface area contributed by atoms with Crippen molar-refractivity contribution in [3.63, 3.8) is 0 Å². The highest BCUT2D eigenvalue weighted by molar-refractivity contribution is 7.89. The van der Waals surface area contributed by atoms with E-state index in [2.05, 4.69) is 19.9 Å². The molecular weight excluding hydrogens is 388 g/mol. The molecule has 0 saturated carbocycles. The van der Waals surface area contributed by atoms with Crippen LogP contribution in [0.1, 0.15) is 21.4 Å². The number of carbonyl (C=O) groups is 1. The third kappa shape index (κ3) is 4.90. The molecule has 1 unspecified atom stereocenters. The van der Waals surface area contributed by atoms with E-state index in [0.717, 1.165) is 17.0 Å². The van der Waals surface area contributed by atoms with Crippen molar-refractivity contribution >= 4 is 27.3 Å². The molecule has 1 atom stereocenters. The highest BCUT2D eigenvalue weighted by Crippen LogP contribution is 2.22. The fourth-order valence-corrected chi connectivity index (χ4v) is 5.11. The standard InChI is InChI=1S/C17H22N4O4S2/c1-18-17(22)16-10-13(12-26-16)27(23,24)20-11-15(14-4-2-3-5-19-14)21-6-8-25-9-7-21/h2-5,10,12,15,20H,6-9,11H2,1H3,(H,18,22). The van der Waals surface area contributed by atoms with Crippen molar-refractivity contribution in [3.8, 4) is 0 Å². The highest BCUT2D eigenvalue weighted by atomic mass is 32.2. The predicted molar refractivity (Wildman–Crippen MR) is 102 cm³/mol. The number of hydrogen-bond donors (Lipinski definition) is 2. The van der Waals surface area contributed by atoms with Crippen molar-refractivity contribution in [2.45, 2.75) is 10.9 Å². The third-order valence-electron chi connectivity index (χ3n) is 4.32. The monoisotopic (exact) mass is 410 g/mol. The first-order chi connectivity index (χ1) is 13.0. The normalized spacial score (nSPS) is 16.8. The van der Waals surface area contributed by atoms with E-state index in [4.69, 9.17) is 4.74 Å². The van der Waals surface area contributed by atoms with Gasteiger partial charge in [-0.05, 0) is 18.2 Å². The van der Waals surface area contributed by atoms with Gasteiger partial charge in [0.15, 0.2) is 0 Å². The first kappa shape index (κ1) is 19.9. The summed E-state index contributed by atoms with van der Waals surface area (Å²) >= 11 is 1.10. The van der Waals surface area contributed by atoms with Crippen LogP contribution in [0.5, 0.6) is 0 Å². The first-order valence-corrected chi connectivity index (χ1v) is 10.9. The SMILES string of the molecule is CNC(=O)c1cc(S(=O)(=O)NCC(c2ccccn2)N2CCOCC2)cs1. The molecule has 10 heteroatoms. The second kappa shape index (κ2) is 8.89. The fourth-order valence-electron chi connectivity index (χ4n) is 2.86. The minimum absolute atomic E-state index is 0.0906. The summed E-state index contributed by atoms with van der Waals surface area (Å²) in [5, 5.41) is 3.96. The van der Waals surface area contributed by atoms with Crippen LogP contribution in [0, 0.1) is 0 Å². The van der Waals surface area contributed by atoms with E-state index in [1.807, 2.05) is 18.2 Å². The molecule has 3 heterocycles. The van der Waals surface area contributed by atoms with Gasteiger partial charge in [0.05, 0.1) is 34.7 Å². The zero-order chi connectivity index (χ0) is 19.3. The molecule has 0 spiro atoms. The fraction of sp³-hybridized carbons (Fsp3) is 0.412. The van der Waals surface area contributed by atoms with E-state index in [-0.39, 0.29) is 23.4 Å². The molecule has 0 bridgehead atoms. The number of hydrogen-bond acceptors (Lipinski definition) is 7. The number of amides is 1. The summed E-state index contributed by atoms with van der Waals surface area (Å²) in [5.41, 5.74) is 0.804. The minimum Gasteiger partial charge on any atom is -0.379 e. The second-order valence-corrected chi connectivity index (χ2v) is 8.67. The van der Waals surface area contributed by atoms with Gasteiger partial charge in [0.25, 0.3) is 5.91 Å². The molecule has 2 N–H and O–H groups in total. The molecule has 0 aliphatic carbocycles. The molecule has 1 aliphatic heterocycles. The summed E-state index contributed by atoms with van der Waals surface area (Å²) in [5.74, 6) is -0.305. The number of rotatable bonds is 7. The molecule has 1 fully saturated rings. The van der Waals surface area contributed by atoms with Gasteiger partial charge in [0.2, 0.25) is 10.0 Å². The first-order valence-electron chi connectivity index (χ1n) is 8.54. The van der Waals surface area contributed by atoms with E-state index in [1.165, 1.54) is 18.5 Å². The molecule has 27 heavy (non-hydrogen) atoms. The Morgan fingerprint density at radius 1 is 1.37 bits per heavy atom. The maximum Gasteiger partial charge on any atom is 0.261 e. The lowest BCUT2D eigenvalue weighted by Gasteiger charge is -2.34. The molecule has 0 radical (unpaired) electrons. The Labute approximate surface area is 162 Å². The maximum atomic E-state index is 12.7. The molecule has 1 saturated heterocycles. The van der Waals surface area contributed by atoms with Gasteiger partial charge in [-0.2, -0.15) is 0 Å². The van der Waals surface area contributed by atoms with Crippen LogP contribution in [0.25, 0.3) is 0 Å². The lowest BCUT2D eigenvalue weighted by atomic mass is 10.1. The lowest BCUT2D eigenvalue weighted by molar-refractivity contribution is 0.0163. The number of carbonyl (C=O) groups excluding carboxylic acids is 1. The third-order valence-corrected chi connectivity index (χ3v) is 6.80. The lowest BCUT2D eigenvalue weighted by Crippen LogP contribution is -2.44. The van der Waals surface area contributed by atoms with Gasteiger partial charge in [-0.15, -0.1) is 11.3 Å². The van der Waals surface area contributed by atoms with Crippen LogP contribution in [-0.4, -0.2) is 64.1 Å². The molecule has 1 amide bonds. The quantitative estimate of drug-likeness (QED) is 0.702. The zero-order valence-corrected chi connectivity index (χ0v) is 16.6. The van der Waals surface area contributed by atoms with Crippen LogP contribution in [0.15, 0.2) is 40.7 Å². The summed E-state index contributed by atoms with van der Waals surface area (Å²) in [6.45, 7) is 2.82. The number of nitrogens with one attached hydrogen (secondary N) is 2. The Morgan fingerprint density at radius 3 is 2.81 bits per heavy atom. The molecule has 8 nitrogen and oxygen atoms in total. The summed E-state index contributed by atoms with van der Waals surface area (Å²) in [4.78, 5) is 18.7. The zero-order valence-electron chi connectivity index (χ0n) is 14.9. The molecular formula is C17H22N4O4S2. The van der Waals surface area contributed by atoms with Crippen LogP contribution in [-0.2, 0) is 14.8 Å². The van der Waals surface area contributed by atoms with E-state index < -0.39 is 10.0 Å². The minimum atomic E-state index is -3.73. The Bertz CT molecular complexity index is 864. The number of ether oxygens (including phenoxy) is 1. The smallest absolute Gasteiger partial charge is 0.261 e. The van der Waals surface area contributed by atoms with Crippen molar-refractivity contribution in [2.75, 3.05) is 39.9 Å². The number of thiophene rings is 1. The number of aromatic nitrogens is 1. The Balaban J connectivity index is 1.75. The number of pyridine rings is 1. The van der Waals surface area contributed by atoms with Crippen LogP contribution in [0.4, 0.5) is 0 Å². The molecule has 2 aromatic rings. The van der Waals surface area contributed by atoms with Gasteiger partial charge >= 0.3 is 0 Å². The van der Waals surface area contributed by atoms with Gasteiger partial charge in [-0.3, -0.25) is 14.7 Å². The summed E-state index contributed by atoms with van der Waals surface area (Å²) in [6.07, 6.45) is 1.70. The largest absolute Gasteiger partial charge is 0.379 e. The van der Waals surface area contributed by atoms with Crippen LogP contribution >= 0.6 is 11.3 Å². The van der Waals surface area contributed by atoms with Crippen molar-refractivity contribution in [1.29, 1.82) is 0 Å². The van der Waals surface area contributed by atoms with Crippen molar-refractivity contribution in [2.24, 2.45) is 0 Å². The summed E-state index contributed by atoms with van der Waals surface area (Å²) < 4.78 is 33.4. The van der Waals surface area contributed by atoms with E-state index in [9.17, 15) is 13.2 Å². The number of sulfonamides is 1. The Kier molecular flexibility index (Phi) is 6.55. The van der Waals surface area contributed by atoms with Crippen LogP contribution in [0.3, 0.4) is 0 Å². The van der Waals surface area contributed by atoms with Gasteiger partial charge in [0, 0.05) is 38.3 Å². The van der Waals surface area contributed by atoms with Crippen LogP contribution < -0.4 is 10.0 Å². The van der Waals surface area contributed by atoms with Crippen LogP contribution in [0.2, 0.25) is 0 Å². The molecule has 3 rings (SSSR count). The molecule has 0 aromatic carbocycles. The van der Waals surface area contributed by atoms with Gasteiger partial charge in [-0.25, -0.2) is 13.1 Å². The molecule has 1 aliphatic rings. The van der Waals surface area contributed by atoms with E-state index >= 15 is 0 Å². The Morgan fingerprint density at radius 2 is 2.15 bits per heavy atom. The Hall–Kier alpha value is -1.85. The van der Waals surface area contributed by atoms with Crippen molar-refractivity contribution in [3.05, 3.63) is 46.4 Å². The summed E-state index contributed by atoms with van der Waals surface area (Å²) in [6, 6.07) is 6.80. The average Bonchev–Trinajstić information content (AvgIpc) is 3.20. The predicted octanol–water partition coefficient (Wildman–Crippen LogP) is 0.854. The highest BCUT2D eigenvalue weighted by Gasteiger charge is 2.26. The van der Waals surface area contributed by atoms with Gasteiger partial charge in [-0.1, -0.05) is 6.07 Å². The number of morpholine rings is 1. The topological polar surface area (TPSA) is 101 Å². The molecule has 2 aromatic heterocycles. The number of nitrogens with zero attached hydrogens (tertiary/aromatic N) is 2. The van der Waals surface area contributed by atoms with E-state index in [0.29, 0.717) is 31.2 Å².